The number of hydrogen-bond acceptors (Lipinski definition) is 12. The number of alkyl halides is 2. The number of nitrogens with one attached hydrogen (secondary N) is 3. The Morgan fingerprint density at radius 1 is 0.918 bits per heavy atom. The molecule has 3 fully saturated rings. The lowest BCUT2D eigenvalue weighted by Gasteiger charge is -2.37. The number of halogens is 2. The zero-order chi connectivity index (χ0) is 51.9. The Balaban J connectivity index is 1.22. The second kappa shape index (κ2) is 21.6. The van der Waals surface area contributed by atoms with Gasteiger partial charge < -0.3 is 39.2 Å². The number of hydrogen-bond donors (Lipinski definition) is 3. The fourth-order valence-electron chi connectivity index (χ4n) is 11.7. The van der Waals surface area contributed by atoms with Crippen LogP contribution in [0.1, 0.15) is 83.7 Å². The van der Waals surface area contributed by atoms with E-state index < -0.39 is 53.7 Å². The van der Waals surface area contributed by atoms with E-state index in [2.05, 4.69) is 76.6 Å². The number of cyclic esters (lactones) is 1. The van der Waals surface area contributed by atoms with Crippen LogP contribution in [0, 0.1) is 17.3 Å². The second-order valence-corrected chi connectivity index (χ2v) is 21.8. The first-order valence-corrected chi connectivity index (χ1v) is 26.2. The van der Waals surface area contributed by atoms with Crippen molar-refractivity contribution in [2.45, 2.75) is 117 Å². The van der Waals surface area contributed by atoms with Gasteiger partial charge in [0, 0.05) is 81.7 Å². The van der Waals surface area contributed by atoms with Gasteiger partial charge in [0.1, 0.15) is 30.5 Å². The summed E-state index contributed by atoms with van der Waals surface area (Å²) in [5.74, 6) is -1.61. The van der Waals surface area contributed by atoms with Gasteiger partial charge in [-0.1, -0.05) is 39.8 Å². The monoisotopic (exact) mass is 1010 g/mol. The molecular weight excluding hydrogens is 937 g/mol. The fraction of sp³-hybridized carbons (Fsp3) is 0.582. The van der Waals surface area contributed by atoms with Crippen LogP contribution in [0.25, 0.3) is 33.3 Å². The zero-order valence-corrected chi connectivity index (χ0v) is 43.6. The van der Waals surface area contributed by atoms with Crippen LogP contribution in [0.15, 0.2) is 48.7 Å². The molecule has 6 atom stereocenters. The number of anilines is 1. The number of hydrazine groups is 1. The number of fused-ring (bicyclic) bond motifs is 8. The zero-order valence-electron chi connectivity index (χ0n) is 43.6. The highest BCUT2D eigenvalue weighted by Crippen LogP contribution is 2.43. The Morgan fingerprint density at radius 2 is 1.70 bits per heavy atom. The van der Waals surface area contributed by atoms with Crippen LogP contribution in [0.3, 0.4) is 0 Å². The average molecular weight is 1010 g/mol. The Kier molecular flexibility index (Phi) is 15.5. The Hall–Kier alpha value is -5.69. The van der Waals surface area contributed by atoms with E-state index in [0.29, 0.717) is 77.2 Å². The van der Waals surface area contributed by atoms with Crippen molar-refractivity contribution < 1.29 is 42.2 Å². The number of aromatic nitrogens is 2. The molecule has 3 saturated heterocycles. The molecule has 4 aromatic rings. The van der Waals surface area contributed by atoms with E-state index in [4.69, 9.17) is 19.2 Å². The Morgan fingerprint density at radius 3 is 2.42 bits per heavy atom. The molecule has 73 heavy (non-hydrogen) atoms. The molecule has 7 heterocycles. The number of aryl methyl sites for hydroxylation is 1. The van der Waals surface area contributed by atoms with Gasteiger partial charge >= 0.3 is 5.97 Å². The number of rotatable bonds is 8. The molecule has 5 aliphatic heterocycles. The average Bonchev–Trinajstić information content (AvgIpc) is 3.97. The van der Waals surface area contributed by atoms with Crippen molar-refractivity contribution >= 4 is 40.3 Å². The molecule has 16 nitrogen and oxygen atoms in total. The topological polar surface area (TPSA) is 163 Å². The molecule has 8 bridgehead atoms. The second-order valence-electron chi connectivity index (χ2n) is 21.8. The van der Waals surface area contributed by atoms with Gasteiger partial charge in [-0.3, -0.25) is 34.1 Å². The van der Waals surface area contributed by atoms with Gasteiger partial charge in [0.25, 0.3) is 12.3 Å². The maximum absolute atomic E-state index is 14.9. The van der Waals surface area contributed by atoms with Gasteiger partial charge in [-0.15, -0.1) is 0 Å². The van der Waals surface area contributed by atoms with Crippen molar-refractivity contribution in [3.8, 4) is 28.1 Å². The van der Waals surface area contributed by atoms with E-state index in [-0.39, 0.29) is 50.2 Å². The summed E-state index contributed by atoms with van der Waals surface area (Å²) in [5, 5.41) is 9.02. The summed E-state index contributed by atoms with van der Waals surface area (Å²) in [6, 6.07) is 11.5. The van der Waals surface area contributed by atoms with E-state index in [1.54, 1.807) is 19.1 Å². The summed E-state index contributed by atoms with van der Waals surface area (Å²) in [4.78, 5) is 68.5. The number of likely N-dealkylation sites (N-methyl/N-ethyl adjacent to an activating group) is 1. The van der Waals surface area contributed by atoms with Crippen LogP contribution in [0.2, 0.25) is 0 Å². The van der Waals surface area contributed by atoms with Gasteiger partial charge in [-0.2, -0.15) is 0 Å². The molecule has 0 aliphatic carbocycles. The summed E-state index contributed by atoms with van der Waals surface area (Å²) in [6.45, 7) is 15.8. The molecule has 0 radical (unpaired) electrons. The molecule has 2 aromatic heterocycles. The molecule has 394 valence electrons. The van der Waals surface area contributed by atoms with Crippen LogP contribution in [-0.2, 0) is 48.0 Å². The summed E-state index contributed by atoms with van der Waals surface area (Å²) in [6.07, 6.45) is 1.24. The number of methoxy groups -OCH3 is 1. The van der Waals surface area contributed by atoms with Crippen molar-refractivity contribution in [3.05, 3.63) is 65.5 Å². The third-order valence-corrected chi connectivity index (χ3v) is 15.6. The number of carbonyl (C=O) groups is 4. The molecule has 9 rings (SSSR count). The maximum Gasteiger partial charge on any atom is 0.324 e. The van der Waals surface area contributed by atoms with Crippen molar-refractivity contribution in [3.63, 3.8) is 0 Å². The van der Waals surface area contributed by atoms with Crippen LogP contribution < -0.4 is 25.7 Å². The van der Waals surface area contributed by atoms with E-state index in [0.717, 1.165) is 55.8 Å². The first kappa shape index (κ1) is 52.2. The first-order valence-electron chi connectivity index (χ1n) is 26.2. The summed E-state index contributed by atoms with van der Waals surface area (Å²) in [7, 11) is 3.33. The summed E-state index contributed by atoms with van der Waals surface area (Å²) >= 11 is 0. The van der Waals surface area contributed by atoms with Gasteiger partial charge in [0.2, 0.25) is 11.8 Å². The largest absolute Gasteiger partial charge is 0.492 e. The number of ether oxygens (including phenoxy) is 3. The molecule has 18 heteroatoms. The van der Waals surface area contributed by atoms with E-state index in [1.807, 2.05) is 39.1 Å². The Labute approximate surface area is 427 Å². The van der Waals surface area contributed by atoms with E-state index >= 15 is 0 Å². The number of benzene rings is 2. The van der Waals surface area contributed by atoms with E-state index in [1.165, 1.54) is 9.91 Å². The number of pyridine rings is 1. The number of nitrogens with zero attached hydrogens (tertiary/aromatic N) is 6. The molecule has 0 saturated carbocycles. The summed E-state index contributed by atoms with van der Waals surface area (Å²) < 4.78 is 47.9. The SMILES string of the molecule is CCn1c(-c2cc(N3CCN(CC(F)F)CC3)cnc2[C@H](C)OC)c2c3cc(ccc31)-c1cc3cc(c1)OC[C@H]1NCC[C@@H]1C(=O)N(C)[C@@H](C(C)C)C(=O)N[C@@H](C3)C(=O)N1CCC[C@H](N1)C(=O)OCC(C)(C)C2. The maximum atomic E-state index is 14.9. The van der Waals surface area contributed by atoms with E-state index in [9.17, 15) is 28.0 Å². The third kappa shape index (κ3) is 10.9. The van der Waals surface area contributed by atoms with Gasteiger partial charge in [-0.25, -0.2) is 14.2 Å². The molecule has 0 unspecified atom stereocenters. The normalized spacial score (nSPS) is 24.9. The minimum absolute atomic E-state index is 0.0827. The smallest absolute Gasteiger partial charge is 0.324 e. The molecule has 5 aliphatic rings. The van der Waals surface area contributed by atoms with Gasteiger partial charge in [0.15, 0.2) is 0 Å². The molecule has 3 N–H and O–H groups in total. The van der Waals surface area contributed by atoms with Crippen molar-refractivity contribution in [1.82, 2.24) is 40.4 Å². The standard InChI is InChI=1S/C55H73F2N9O7/c1-9-65-46-13-12-35-25-40(46)42(50(65)41-26-37(28-59-48(41)33(4)71-8)64-19-17-63(18-20-64)29-47(56)57)27-55(5,6)31-73-54(70)43-11-10-16-66(61-43)53(69)44-23-34-21-36(35)24-38(22-34)72-30-45-39(14-15-58-45)52(68)62(7)49(32(2)3)51(67)60-44/h12-13,21-22,24-26,28,32-33,39,43-45,47,49,58,61H,9-11,14-20,23,27,29-31H2,1-8H3,(H,60,67)/t33-,39-,43-,44-,45+,49-/m0/s1. The molecule has 2 aromatic carbocycles. The van der Waals surface area contributed by atoms with Gasteiger partial charge in [-0.05, 0) is 105 Å². The minimum Gasteiger partial charge on any atom is -0.492 e. The van der Waals surface area contributed by atoms with Crippen molar-refractivity contribution in [1.29, 1.82) is 0 Å². The lowest BCUT2D eigenvalue weighted by Crippen LogP contribution is -2.62. The lowest BCUT2D eigenvalue weighted by molar-refractivity contribution is -0.155. The molecular formula is C55H73F2N9O7. The van der Waals surface area contributed by atoms with Crippen LogP contribution in [-0.4, -0.2) is 152 Å². The lowest BCUT2D eigenvalue weighted by atomic mass is 9.84. The Bertz CT molecular complexity index is 2700. The highest BCUT2D eigenvalue weighted by Gasteiger charge is 2.42. The van der Waals surface area contributed by atoms with Gasteiger partial charge in [0.05, 0.1) is 54.5 Å². The fourth-order valence-corrected chi connectivity index (χ4v) is 11.7. The highest BCUT2D eigenvalue weighted by molar-refractivity contribution is 5.96. The third-order valence-electron chi connectivity index (χ3n) is 15.6. The summed E-state index contributed by atoms with van der Waals surface area (Å²) in [5.41, 5.74) is 10.6. The minimum atomic E-state index is -2.39. The highest BCUT2D eigenvalue weighted by atomic mass is 19.3. The predicted octanol–water partition coefficient (Wildman–Crippen LogP) is 5.99. The first-order chi connectivity index (χ1) is 34.9. The number of amides is 3. The quantitative estimate of drug-likeness (QED) is 0.177. The van der Waals surface area contributed by atoms with Crippen molar-refractivity contribution in [2.75, 3.05) is 78.1 Å². The van der Waals surface area contributed by atoms with Crippen LogP contribution >= 0.6 is 0 Å². The van der Waals surface area contributed by atoms with Crippen LogP contribution in [0.4, 0.5) is 14.5 Å². The molecule has 0 spiro atoms. The molecule has 3 amide bonds. The van der Waals surface area contributed by atoms with Crippen molar-refractivity contribution in [2.24, 2.45) is 17.3 Å². The number of piperazine rings is 1. The number of carbonyl (C=O) groups excluding carboxylic acids is 4. The predicted molar refractivity (Wildman–Crippen MR) is 275 cm³/mol. The van der Waals surface area contributed by atoms with Crippen LogP contribution in [0.5, 0.6) is 5.75 Å². The number of esters is 1.